The van der Waals surface area contributed by atoms with Crippen molar-refractivity contribution in [3.63, 3.8) is 0 Å². The normalized spacial score (nSPS) is 18.1. The van der Waals surface area contributed by atoms with Crippen LogP contribution in [0.4, 0.5) is 0 Å². The van der Waals surface area contributed by atoms with Crippen molar-refractivity contribution in [2.24, 2.45) is 0 Å². The fourth-order valence-electron chi connectivity index (χ4n) is 2.53. The molecule has 7 heteroatoms. The Hall–Kier alpha value is -2.12. The molecule has 1 aliphatic heterocycles. The number of carboxylic acid groups (broad SMARTS) is 1. The second-order valence-corrected chi connectivity index (χ2v) is 6.50. The van der Waals surface area contributed by atoms with Crippen LogP contribution in [0.1, 0.15) is 21.9 Å². The fourth-order valence-corrected chi connectivity index (χ4v) is 3.47. The summed E-state index contributed by atoms with van der Waals surface area (Å²) in [6.45, 7) is 3.01. The van der Waals surface area contributed by atoms with E-state index in [2.05, 4.69) is 0 Å². The van der Waals surface area contributed by atoms with E-state index in [1.54, 1.807) is 11.0 Å². The largest absolute Gasteiger partial charge is 0.481 e. The molecule has 2 aromatic heterocycles. The van der Waals surface area contributed by atoms with Gasteiger partial charge in [0.05, 0.1) is 28.9 Å². The van der Waals surface area contributed by atoms with Crippen LogP contribution in [0.15, 0.2) is 28.7 Å². The highest BCUT2D eigenvalue weighted by molar-refractivity contribution is 7.17. The predicted octanol–water partition coefficient (Wildman–Crippen LogP) is 2.63. The molecule has 3 rings (SSSR count). The second kappa shape index (κ2) is 6.55. The van der Waals surface area contributed by atoms with E-state index in [9.17, 15) is 9.59 Å². The molecule has 23 heavy (non-hydrogen) atoms. The SMILES string of the molecule is Cc1ccc(-c2ccc(C(=O)N3CCOC(CC(=O)O)C3)s2)o1. The third kappa shape index (κ3) is 3.62. The van der Waals surface area contributed by atoms with Gasteiger partial charge < -0.3 is 19.2 Å². The lowest BCUT2D eigenvalue weighted by atomic mass is 10.2. The molecule has 0 aliphatic carbocycles. The van der Waals surface area contributed by atoms with Crippen molar-refractivity contribution < 1.29 is 23.8 Å². The lowest BCUT2D eigenvalue weighted by Gasteiger charge is -2.32. The van der Waals surface area contributed by atoms with E-state index in [-0.39, 0.29) is 12.3 Å². The molecule has 1 fully saturated rings. The van der Waals surface area contributed by atoms with Gasteiger partial charge in [0, 0.05) is 13.1 Å². The molecule has 0 spiro atoms. The van der Waals surface area contributed by atoms with Crippen molar-refractivity contribution in [1.29, 1.82) is 0 Å². The van der Waals surface area contributed by atoms with Crippen LogP contribution in [0, 0.1) is 6.92 Å². The summed E-state index contributed by atoms with van der Waals surface area (Å²) in [5.41, 5.74) is 0. The molecule has 122 valence electrons. The number of hydrogen-bond acceptors (Lipinski definition) is 5. The fraction of sp³-hybridized carbons (Fsp3) is 0.375. The van der Waals surface area contributed by atoms with Crippen molar-refractivity contribution >= 4 is 23.2 Å². The molecule has 2 aromatic rings. The van der Waals surface area contributed by atoms with Gasteiger partial charge in [0.25, 0.3) is 5.91 Å². The Labute approximate surface area is 137 Å². The molecule has 6 nitrogen and oxygen atoms in total. The zero-order valence-electron chi connectivity index (χ0n) is 12.7. The van der Waals surface area contributed by atoms with Crippen LogP contribution in [-0.2, 0) is 9.53 Å². The number of aryl methyl sites for hydroxylation is 1. The maximum Gasteiger partial charge on any atom is 0.306 e. The topological polar surface area (TPSA) is 80.0 Å². The van der Waals surface area contributed by atoms with Gasteiger partial charge in [-0.2, -0.15) is 0 Å². The number of furan rings is 1. The quantitative estimate of drug-likeness (QED) is 0.929. The number of thiophene rings is 1. The van der Waals surface area contributed by atoms with Gasteiger partial charge in [-0.3, -0.25) is 9.59 Å². The Morgan fingerprint density at radius 3 is 2.87 bits per heavy atom. The number of hydrogen-bond donors (Lipinski definition) is 1. The number of ether oxygens (including phenoxy) is 1. The molecule has 0 aromatic carbocycles. The van der Waals surface area contributed by atoms with Gasteiger partial charge in [-0.1, -0.05) is 0 Å². The highest BCUT2D eigenvalue weighted by atomic mass is 32.1. The molecule has 1 N–H and O–H groups in total. The monoisotopic (exact) mass is 335 g/mol. The number of aliphatic carboxylic acids is 1. The van der Waals surface area contributed by atoms with Gasteiger partial charge in [0.1, 0.15) is 11.5 Å². The molecule has 1 amide bonds. The first-order valence-electron chi connectivity index (χ1n) is 7.32. The maximum atomic E-state index is 12.6. The summed E-state index contributed by atoms with van der Waals surface area (Å²) in [5.74, 6) is 0.558. The summed E-state index contributed by atoms with van der Waals surface area (Å²) in [6.07, 6.45) is -0.539. The van der Waals surface area contributed by atoms with Gasteiger partial charge in [-0.15, -0.1) is 11.3 Å². The Balaban J connectivity index is 1.70. The number of nitrogens with zero attached hydrogens (tertiary/aromatic N) is 1. The predicted molar refractivity (Wildman–Crippen MR) is 84.7 cm³/mol. The van der Waals surface area contributed by atoms with E-state index in [1.807, 2.05) is 25.1 Å². The molecule has 1 unspecified atom stereocenters. The zero-order chi connectivity index (χ0) is 16.4. The van der Waals surface area contributed by atoms with Crippen molar-refractivity contribution in [1.82, 2.24) is 4.90 Å². The molecule has 0 saturated carbocycles. The van der Waals surface area contributed by atoms with Crippen LogP contribution in [0.2, 0.25) is 0 Å². The van der Waals surface area contributed by atoms with Crippen molar-refractivity contribution in [3.8, 4) is 10.6 Å². The first-order chi connectivity index (χ1) is 11.0. The minimum Gasteiger partial charge on any atom is -0.481 e. The van der Waals surface area contributed by atoms with Crippen molar-refractivity contribution in [2.75, 3.05) is 19.7 Å². The van der Waals surface area contributed by atoms with E-state index < -0.39 is 12.1 Å². The number of rotatable bonds is 4. The van der Waals surface area contributed by atoms with Gasteiger partial charge in [0.15, 0.2) is 0 Å². The van der Waals surface area contributed by atoms with E-state index in [0.717, 1.165) is 16.4 Å². The smallest absolute Gasteiger partial charge is 0.306 e. The summed E-state index contributed by atoms with van der Waals surface area (Å²) < 4.78 is 11.0. The van der Waals surface area contributed by atoms with Crippen LogP contribution in [0.25, 0.3) is 10.6 Å². The molecular weight excluding hydrogens is 318 g/mol. The highest BCUT2D eigenvalue weighted by Gasteiger charge is 2.27. The number of carbonyl (C=O) groups is 2. The Morgan fingerprint density at radius 1 is 1.35 bits per heavy atom. The van der Waals surface area contributed by atoms with Crippen LogP contribution >= 0.6 is 11.3 Å². The van der Waals surface area contributed by atoms with Crippen molar-refractivity contribution in [3.05, 3.63) is 34.9 Å². The summed E-state index contributed by atoms with van der Waals surface area (Å²) in [4.78, 5) is 26.5. The standard InChI is InChI=1S/C16H17NO5S/c1-10-2-3-12(22-10)13-4-5-14(23-13)16(20)17-6-7-21-11(9-17)8-15(18)19/h2-5,11H,6-9H2,1H3,(H,18,19). The Bertz CT molecular complexity index is 720. The second-order valence-electron chi connectivity index (χ2n) is 5.42. The van der Waals surface area contributed by atoms with E-state index in [1.165, 1.54) is 11.3 Å². The van der Waals surface area contributed by atoms with Gasteiger partial charge in [-0.05, 0) is 31.2 Å². The molecule has 1 saturated heterocycles. The van der Waals surface area contributed by atoms with Crippen LogP contribution in [-0.4, -0.2) is 47.7 Å². The first kappa shape index (κ1) is 15.8. The van der Waals surface area contributed by atoms with Crippen molar-refractivity contribution in [2.45, 2.75) is 19.4 Å². The molecule has 0 bridgehead atoms. The number of morpholine rings is 1. The lowest BCUT2D eigenvalue weighted by molar-refractivity contribution is -0.141. The van der Waals surface area contributed by atoms with Gasteiger partial charge in [-0.25, -0.2) is 0 Å². The van der Waals surface area contributed by atoms with Gasteiger partial charge >= 0.3 is 5.97 Å². The Kier molecular flexibility index (Phi) is 4.49. The van der Waals surface area contributed by atoms with E-state index in [0.29, 0.717) is 24.6 Å². The number of carbonyl (C=O) groups excluding carboxylic acids is 1. The molecular formula is C16H17NO5S. The number of carboxylic acids is 1. The third-order valence-corrected chi connectivity index (χ3v) is 4.72. The Morgan fingerprint density at radius 2 is 2.17 bits per heavy atom. The first-order valence-corrected chi connectivity index (χ1v) is 8.14. The van der Waals surface area contributed by atoms with Crippen LogP contribution in [0.3, 0.4) is 0 Å². The average Bonchev–Trinajstić information content (AvgIpc) is 3.15. The summed E-state index contributed by atoms with van der Waals surface area (Å²) in [6, 6.07) is 7.41. The molecule has 3 heterocycles. The van der Waals surface area contributed by atoms with Crippen LogP contribution < -0.4 is 0 Å². The van der Waals surface area contributed by atoms with Gasteiger partial charge in [0.2, 0.25) is 0 Å². The summed E-state index contributed by atoms with van der Waals surface area (Å²) in [5, 5.41) is 8.85. The number of amides is 1. The average molecular weight is 335 g/mol. The zero-order valence-corrected chi connectivity index (χ0v) is 13.5. The minimum atomic E-state index is -0.920. The highest BCUT2D eigenvalue weighted by Crippen LogP contribution is 2.30. The summed E-state index contributed by atoms with van der Waals surface area (Å²) in [7, 11) is 0. The summed E-state index contributed by atoms with van der Waals surface area (Å²) >= 11 is 1.37. The lowest BCUT2D eigenvalue weighted by Crippen LogP contribution is -2.46. The molecule has 0 radical (unpaired) electrons. The molecule has 1 aliphatic rings. The minimum absolute atomic E-state index is 0.0921. The third-order valence-electron chi connectivity index (χ3n) is 3.63. The molecule has 1 atom stereocenters. The van der Waals surface area contributed by atoms with E-state index in [4.69, 9.17) is 14.3 Å². The maximum absolute atomic E-state index is 12.6. The van der Waals surface area contributed by atoms with Crippen LogP contribution in [0.5, 0.6) is 0 Å². The van der Waals surface area contributed by atoms with E-state index >= 15 is 0 Å².